The van der Waals surface area contributed by atoms with Crippen LogP contribution in [0.3, 0.4) is 0 Å². The van der Waals surface area contributed by atoms with Gasteiger partial charge in [-0.05, 0) is 25.5 Å². The lowest BCUT2D eigenvalue weighted by Gasteiger charge is -2.09. The first-order valence-corrected chi connectivity index (χ1v) is 6.02. The standard InChI is InChI=1S/C13H19N3O/c1-3-10(2)16-6-4-12(15-16)8-13(14)11-5-7-17-9-11/h4-7,9-10,13H,3,8,14H2,1-2H3. The van der Waals surface area contributed by atoms with Crippen molar-refractivity contribution in [1.82, 2.24) is 9.78 Å². The minimum absolute atomic E-state index is 0.0472. The molecule has 2 N–H and O–H groups in total. The van der Waals surface area contributed by atoms with Crippen LogP contribution in [-0.4, -0.2) is 9.78 Å². The topological polar surface area (TPSA) is 57.0 Å². The molecule has 4 heteroatoms. The van der Waals surface area contributed by atoms with Crippen LogP contribution in [0, 0.1) is 0 Å². The second-order valence-corrected chi connectivity index (χ2v) is 4.41. The summed E-state index contributed by atoms with van der Waals surface area (Å²) in [5.41, 5.74) is 8.12. The van der Waals surface area contributed by atoms with E-state index in [4.69, 9.17) is 10.2 Å². The van der Waals surface area contributed by atoms with Crippen LogP contribution in [0.1, 0.15) is 43.6 Å². The van der Waals surface area contributed by atoms with Gasteiger partial charge in [0.05, 0.1) is 18.2 Å². The molecule has 0 fully saturated rings. The molecule has 92 valence electrons. The molecular formula is C13H19N3O. The zero-order valence-corrected chi connectivity index (χ0v) is 10.3. The molecule has 2 heterocycles. The van der Waals surface area contributed by atoms with Gasteiger partial charge in [0.1, 0.15) is 0 Å². The molecule has 2 unspecified atom stereocenters. The Morgan fingerprint density at radius 2 is 2.29 bits per heavy atom. The van der Waals surface area contributed by atoms with Crippen molar-refractivity contribution in [2.24, 2.45) is 5.73 Å². The number of furan rings is 1. The van der Waals surface area contributed by atoms with Gasteiger partial charge in [-0.1, -0.05) is 6.92 Å². The van der Waals surface area contributed by atoms with Gasteiger partial charge in [0.2, 0.25) is 0 Å². The smallest absolute Gasteiger partial charge is 0.0950 e. The summed E-state index contributed by atoms with van der Waals surface area (Å²) in [5, 5.41) is 4.54. The molecule has 17 heavy (non-hydrogen) atoms. The largest absolute Gasteiger partial charge is 0.472 e. The molecule has 2 rings (SSSR count). The predicted molar refractivity (Wildman–Crippen MR) is 66.6 cm³/mol. The Morgan fingerprint density at radius 3 is 2.94 bits per heavy atom. The van der Waals surface area contributed by atoms with Crippen LogP contribution in [0.25, 0.3) is 0 Å². The number of nitrogens with zero attached hydrogens (tertiary/aromatic N) is 2. The van der Waals surface area contributed by atoms with Crippen LogP contribution in [-0.2, 0) is 6.42 Å². The third kappa shape index (κ3) is 2.77. The Balaban J connectivity index is 2.02. The molecule has 0 saturated carbocycles. The molecule has 0 spiro atoms. The SMILES string of the molecule is CCC(C)n1ccc(CC(N)c2ccoc2)n1. The van der Waals surface area contributed by atoms with E-state index >= 15 is 0 Å². The van der Waals surface area contributed by atoms with Crippen LogP contribution in [0.2, 0.25) is 0 Å². The van der Waals surface area contributed by atoms with Crippen LogP contribution >= 0.6 is 0 Å². The summed E-state index contributed by atoms with van der Waals surface area (Å²) >= 11 is 0. The van der Waals surface area contributed by atoms with Crippen molar-refractivity contribution in [2.75, 3.05) is 0 Å². The lowest BCUT2D eigenvalue weighted by molar-refractivity contribution is 0.471. The van der Waals surface area contributed by atoms with Crippen LogP contribution < -0.4 is 5.73 Å². The second-order valence-electron chi connectivity index (χ2n) is 4.41. The molecule has 2 atom stereocenters. The molecule has 4 nitrogen and oxygen atoms in total. The number of rotatable bonds is 5. The fourth-order valence-corrected chi connectivity index (χ4v) is 1.75. The number of hydrogen-bond donors (Lipinski definition) is 1. The van der Waals surface area contributed by atoms with Crippen LogP contribution in [0.15, 0.2) is 35.3 Å². The summed E-state index contributed by atoms with van der Waals surface area (Å²) in [5.74, 6) is 0. The normalized spacial score (nSPS) is 14.8. The van der Waals surface area contributed by atoms with E-state index in [2.05, 4.69) is 18.9 Å². The first-order valence-electron chi connectivity index (χ1n) is 6.02. The van der Waals surface area contributed by atoms with E-state index in [9.17, 15) is 0 Å². The zero-order chi connectivity index (χ0) is 12.3. The van der Waals surface area contributed by atoms with E-state index in [0.717, 1.165) is 24.1 Å². The Hall–Kier alpha value is -1.55. The van der Waals surface area contributed by atoms with E-state index in [0.29, 0.717) is 6.04 Å². The van der Waals surface area contributed by atoms with Crippen molar-refractivity contribution in [1.29, 1.82) is 0 Å². The van der Waals surface area contributed by atoms with Gasteiger partial charge in [-0.25, -0.2) is 0 Å². The predicted octanol–water partition coefficient (Wildman–Crippen LogP) is 2.69. The van der Waals surface area contributed by atoms with Crippen molar-refractivity contribution in [2.45, 2.75) is 38.8 Å². The van der Waals surface area contributed by atoms with Crippen molar-refractivity contribution in [3.63, 3.8) is 0 Å². The lowest BCUT2D eigenvalue weighted by Crippen LogP contribution is -2.13. The first-order chi connectivity index (χ1) is 8.20. The molecule has 0 saturated heterocycles. The van der Waals surface area contributed by atoms with E-state index in [-0.39, 0.29) is 6.04 Å². The average Bonchev–Trinajstić information content (AvgIpc) is 2.98. The van der Waals surface area contributed by atoms with Crippen molar-refractivity contribution < 1.29 is 4.42 Å². The summed E-state index contributed by atoms with van der Waals surface area (Å²) < 4.78 is 7.03. The Labute approximate surface area is 101 Å². The zero-order valence-electron chi connectivity index (χ0n) is 10.3. The maximum absolute atomic E-state index is 6.08. The molecule has 0 aromatic carbocycles. The molecule has 2 aromatic rings. The van der Waals surface area contributed by atoms with Gasteiger partial charge < -0.3 is 10.2 Å². The monoisotopic (exact) mass is 233 g/mol. The molecule has 0 aliphatic rings. The van der Waals surface area contributed by atoms with Gasteiger partial charge in [0.25, 0.3) is 0 Å². The highest BCUT2D eigenvalue weighted by Gasteiger charge is 2.11. The van der Waals surface area contributed by atoms with E-state index in [1.807, 2.05) is 23.0 Å². The van der Waals surface area contributed by atoms with Gasteiger partial charge in [-0.3, -0.25) is 4.68 Å². The summed E-state index contributed by atoms with van der Waals surface area (Å²) in [6.45, 7) is 4.32. The molecule has 2 aromatic heterocycles. The Kier molecular flexibility index (Phi) is 3.64. The minimum Gasteiger partial charge on any atom is -0.472 e. The van der Waals surface area contributed by atoms with Crippen molar-refractivity contribution in [3.05, 3.63) is 42.1 Å². The van der Waals surface area contributed by atoms with Gasteiger partial charge >= 0.3 is 0 Å². The lowest BCUT2D eigenvalue weighted by atomic mass is 10.1. The molecular weight excluding hydrogens is 214 g/mol. The molecule has 0 aliphatic heterocycles. The molecule has 0 bridgehead atoms. The fourth-order valence-electron chi connectivity index (χ4n) is 1.75. The van der Waals surface area contributed by atoms with E-state index in [1.165, 1.54) is 0 Å². The average molecular weight is 233 g/mol. The number of nitrogens with two attached hydrogens (primary N) is 1. The van der Waals surface area contributed by atoms with Crippen LogP contribution in [0.4, 0.5) is 0 Å². The Morgan fingerprint density at radius 1 is 1.47 bits per heavy atom. The summed E-state index contributed by atoms with van der Waals surface area (Å²) in [6.07, 6.45) is 7.17. The molecule has 0 aliphatic carbocycles. The van der Waals surface area contributed by atoms with Crippen molar-refractivity contribution in [3.8, 4) is 0 Å². The number of aromatic nitrogens is 2. The maximum Gasteiger partial charge on any atom is 0.0950 e. The summed E-state index contributed by atoms with van der Waals surface area (Å²) in [6, 6.07) is 4.32. The molecule has 0 amide bonds. The third-order valence-corrected chi connectivity index (χ3v) is 3.11. The van der Waals surface area contributed by atoms with Gasteiger partial charge in [0.15, 0.2) is 0 Å². The Bertz CT molecular complexity index is 447. The second kappa shape index (κ2) is 5.19. The van der Waals surface area contributed by atoms with E-state index < -0.39 is 0 Å². The maximum atomic E-state index is 6.08. The summed E-state index contributed by atoms with van der Waals surface area (Å²) in [4.78, 5) is 0. The fraction of sp³-hybridized carbons (Fsp3) is 0.462. The van der Waals surface area contributed by atoms with Crippen LogP contribution in [0.5, 0.6) is 0 Å². The first kappa shape index (κ1) is 11.9. The van der Waals surface area contributed by atoms with E-state index in [1.54, 1.807) is 12.5 Å². The highest BCUT2D eigenvalue weighted by molar-refractivity contribution is 5.14. The number of hydrogen-bond acceptors (Lipinski definition) is 3. The highest BCUT2D eigenvalue weighted by Crippen LogP contribution is 2.16. The van der Waals surface area contributed by atoms with Gasteiger partial charge in [-0.15, -0.1) is 0 Å². The third-order valence-electron chi connectivity index (χ3n) is 3.11. The highest BCUT2D eigenvalue weighted by atomic mass is 16.3. The van der Waals surface area contributed by atoms with Gasteiger partial charge in [0, 0.05) is 30.3 Å². The quantitative estimate of drug-likeness (QED) is 0.863. The molecule has 0 radical (unpaired) electrons. The van der Waals surface area contributed by atoms with Crippen molar-refractivity contribution >= 4 is 0 Å². The summed E-state index contributed by atoms with van der Waals surface area (Å²) in [7, 11) is 0. The minimum atomic E-state index is -0.0472. The van der Waals surface area contributed by atoms with Gasteiger partial charge in [-0.2, -0.15) is 5.10 Å².